The molecule has 0 spiro atoms. The lowest BCUT2D eigenvalue weighted by Gasteiger charge is -2.21. The number of para-hydroxylation sites is 1. The second-order valence-corrected chi connectivity index (χ2v) is 7.07. The Balaban J connectivity index is 1.51. The summed E-state index contributed by atoms with van der Waals surface area (Å²) in [5.74, 6) is -1.11. The van der Waals surface area contributed by atoms with Crippen molar-refractivity contribution >= 4 is 29.4 Å². The molecule has 1 heterocycles. The Labute approximate surface area is 157 Å². The van der Waals surface area contributed by atoms with Gasteiger partial charge in [0.2, 0.25) is 11.8 Å². The molecule has 3 rings (SSSR count). The molecule has 1 aliphatic carbocycles. The van der Waals surface area contributed by atoms with Gasteiger partial charge in [0.05, 0.1) is 16.9 Å². The van der Waals surface area contributed by atoms with E-state index in [4.69, 9.17) is 21.1 Å². The Morgan fingerprint density at radius 3 is 2.38 bits per heavy atom. The van der Waals surface area contributed by atoms with Gasteiger partial charge in [0, 0.05) is 0 Å². The number of hydrogen-bond acceptors (Lipinski definition) is 5. The van der Waals surface area contributed by atoms with Crippen molar-refractivity contribution in [1.82, 2.24) is 4.90 Å². The fourth-order valence-corrected chi connectivity index (χ4v) is 3.84. The van der Waals surface area contributed by atoms with Crippen LogP contribution in [0.5, 0.6) is 5.75 Å². The largest absolute Gasteiger partial charge is 0.488 e. The van der Waals surface area contributed by atoms with Crippen molar-refractivity contribution in [2.24, 2.45) is 11.8 Å². The molecule has 1 aromatic carbocycles. The molecule has 1 aromatic rings. The molecule has 26 heavy (non-hydrogen) atoms. The predicted molar refractivity (Wildman–Crippen MR) is 94.7 cm³/mol. The highest BCUT2D eigenvalue weighted by Gasteiger charge is 2.51. The van der Waals surface area contributed by atoms with Crippen LogP contribution in [0.2, 0.25) is 5.02 Å². The summed E-state index contributed by atoms with van der Waals surface area (Å²) in [5.41, 5.74) is 0. The lowest BCUT2D eigenvalue weighted by atomic mass is 9.81. The number of amides is 2. The molecule has 2 amide bonds. The number of carbonyl (C=O) groups is 3. The van der Waals surface area contributed by atoms with Crippen LogP contribution in [-0.4, -0.2) is 41.9 Å². The van der Waals surface area contributed by atoms with Gasteiger partial charge in [0.15, 0.2) is 0 Å². The maximum Gasteiger partial charge on any atom is 0.329 e. The van der Waals surface area contributed by atoms with Gasteiger partial charge in [-0.3, -0.25) is 14.5 Å². The van der Waals surface area contributed by atoms with Crippen LogP contribution in [0.25, 0.3) is 0 Å². The minimum absolute atomic E-state index is 0.0114. The summed E-state index contributed by atoms with van der Waals surface area (Å²) in [6, 6.07) is 6.09. The van der Waals surface area contributed by atoms with E-state index >= 15 is 0 Å². The number of hydrogen-bond donors (Lipinski definition) is 0. The van der Waals surface area contributed by atoms with Gasteiger partial charge in [-0.15, -0.1) is 0 Å². The van der Waals surface area contributed by atoms with Gasteiger partial charge in [0.1, 0.15) is 25.0 Å². The average molecular weight is 380 g/mol. The van der Waals surface area contributed by atoms with Gasteiger partial charge in [0.25, 0.3) is 0 Å². The Hall–Kier alpha value is -2.08. The summed E-state index contributed by atoms with van der Waals surface area (Å²) in [5, 5.41) is 0.475. The molecule has 6 nitrogen and oxygen atoms in total. The predicted octanol–water partition coefficient (Wildman–Crippen LogP) is 2.83. The molecular weight excluding hydrogens is 358 g/mol. The highest BCUT2D eigenvalue weighted by molar-refractivity contribution is 6.32. The number of nitrogens with zero attached hydrogens (tertiary/aromatic N) is 1. The molecule has 0 bridgehead atoms. The fraction of sp³-hybridized carbons (Fsp3) is 0.526. The van der Waals surface area contributed by atoms with E-state index < -0.39 is 12.0 Å². The first-order valence-electron chi connectivity index (χ1n) is 8.91. The van der Waals surface area contributed by atoms with Crippen molar-refractivity contribution in [3.63, 3.8) is 0 Å². The molecule has 1 saturated heterocycles. The smallest absolute Gasteiger partial charge is 0.329 e. The van der Waals surface area contributed by atoms with Gasteiger partial charge >= 0.3 is 5.97 Å². The van der Waals surface area contributed by atoms with Crippen LogP contribution >= 0.6 is 11.6 Å². The van der Waals surface area contributed by atoms with E-state index in [1.165, 1.54) is 6.92 Å². The molecule has 0 N–H and O–H groups in total. The van der Waals surface area contributed by atoms with E-state index in [0.29, 0.717) is 10.8 Å². The first-order chi connectivity index (χ1) is 12.5. The highest BCUT2D eigenvalue weighted by atomic mass is 35.5. The second kappa shape index (κ2) is 8.08. The minimum atomic E-state index is -0.916. The van der Waals surface area contributed by atoms with Gasteiger partial charge in [-0.1, -0.05) is 36.6 Å². The average Bonchev–Trinajstić information content (AvgIpc) is 2.90. The van der Waals surface area contributed by atoms with E-state index in [0.717, 1.165) is 30.6 Å². The lowest BCUT2D eigenvalue weighted by molar-refractivity contribution is -0.158. The van der Waals surface area contributed by atoms with Crippen LogP contribution in [0.15, 0.2) is 24.3 Å². The summed E-state index contributed by atoms with van der Waals surface area (Å²) in [4.78, 5) is 38.4. The Morgan fingerprint density at radius 2 is 1.77 bits per heavy atom. The summed E-state index contributed by atoms with van der Waals surface area (Å²) < 4.78 is 10.6. The van der Waals surface area contributed by atoms with Crippen molar-refractivity contribution in [2.75, 3.05) is 13.2 Å². The van der Waals surface area contributed by atoms with Crippen LogP contribution in [-0.2, 0) is 19.1 Å². The third-order valence-corrected chi connectivity index (χ3v) is 5.34. The van der Waals surface area contributed by atoms with E-state index in [-0.39, 0.29) is 36.9 Å². The monoisotopic (exact) mass is 379 g/mol. The van der Waals surface area contributed by atoms with Crippen molar-refractivity contribution in [1.29, 1.82) is 0 Å². The van der Waals surface area contributed by atoms with Gasteiger partial charge < -0.3 is 9.47 Å². The number of likely N-dealkylation sites (tertiary alicyclic amines) is 1. The first-order valence-corrected chi connectivity index (χ1v) is 9.29. The van der Waals surface area contributed by atoms with Crippen LogP contribution in [0.4, 0.5) is 0 Å². The second-order valence-electron chi connectivity index (χ2n) is 6.67. The highest BCUT2D eigenvalue weighted by Crippen LogP contribution is 2.38. The van der Waals surface area contributed by atoms with E-state index in [1.807, 2.05) is 0 Å². The number of imide groups is 1. The zero-order valence-electron chi connectivity index (χ0n) is 14.7. The van der Waals surface area contributed by atoms with Crippen LogP contribution in [0.3, 0.4) is 0 Å². The summed E-state index contributed by atoms with van der Waals surface area (Å²) >= 11 is 5.98. The third kappa shape index (κ3) is 3.70. The minimum Gasteiger partial charge on any atom is -0.488 e. The zero-order chi connectivity index (χ0) is 18.7. The van der Waals surface area contributed by atoms with Crippen molar-refractivity contribution in [3.05, 3.63) is 29.3 Å². The standard InChI is InChI=1S/C19H22ClNO5/c1-12(21-17(22)13-6-2-3-7-14(13)18(21)23)19(24)26-11-10-25-16-9-5-4-8-15(16)20/h4-5,8-9,12-14H,2-3,6-7,10-11H2,1H3. The number of rotatable bonds is 6. The zero-order valence-corrected chi connectivity index (χ0v) is 15.4. The molecule has 3 atom stereocenters. The molecule has 2 aliphatic rings. The van der Waals surface area contributed by atoms with Crippen LogP contribution in [0, 0.1) is 11.8 Å². The number of esters is 1. The molecule has 3 unspecified atom stereocenters. The van der Waals surface area contributed by atoms with Gasteiger partial charge in [-0.2, -0.15) is 0 Å². The van der Waals surface area contributed by atoms with Gasteiger partial charge in [-0.05, 0) is 31.9 Å². The van der Waals surface area contributed by atoms with E-state index in [2.05, 4.69) is 0 Å². The maximum absolute atomic E-state index is 12.5. The van der Waals surface area contributed by atoms with Crippen molar-refractivity contribution in [3.8, 4) is 5.75 Å². The fourth-order valence-electron chi connectivity index (χ4n) is 3.65. The Kier molecular flexibility index (Phi) is 5.81. The molecule has 0 aromatic heterocycles. The molecule has 1 saturated carbocycles. The number of halogens is 1. The first kappa shape index (κ1) is 18.7. The van der Waals surface area contributed by atoms with Crippen molar-refractivity contribution < 1.29 is 23.9 Å². The maximum atomic E-state index is 12.5. The molecule has 2 fully saturated rings. The number of carbonyl (C=O) groups excluding carboxylic acids is 3. The molecule has 0 radical (unpaired) electrons. The Bertz CT molecular complexity index is 683. The normalized spacial score (nSPS) is 23.5. The Morgan fingerprint density at radius 1 is 1.15 bits per heavy atom. The summed E-state index contributed by atoms with van der Waals surface area (Å²) in [6.07, 6.45) is 3.34. The van der Waals surface area contributed by atoms with E-state index in [1.54, 1.807) is 24.3 Å². The summed E-state index contributed by atoms with van der Waals surface area (Å²) in [7, 11) is 0. The third-order valence-electron chi connectivity index (χ3n) is 5.03. The summed E-state index contributed by atoms with van der Waals surface area (Å²) in [6.45, 7) is 1.68. The number of ether oxygens (including phenoxy) is 2. The van der Waals surface area contributed by atoms with Crippen LogP contribution < -0.4 is 4.74 Å². The van der Waals surface area contributed by atoms with Crippen molar-refractivity contribution in [2.45, 2.75) is 38.6 Å². The molecule has 1 aliphatic heterocycles. The lowest BCUT2D eigenvalue weighted by Crippen LogP contribution is -2.44. The number of benzene rings is 1. The number of fused-ring (bicyclic) bond motifs is 1. The topological polar surface area (TPSA) is 72.9 Å². The quantitative estimate of drug-likeness (QED) is 0.431. The SMILES string of the molecule is CC(C(=O)OCCOc1ccccc1Cl)N1C(=O)C2CCCCC2C1=O. The molecule has 7 heteroatoms. The van der Waals surface area contributed by atoms with E-state index in [9.17, 15) is 14.4 Å². The van der Waals surface area contributed by atoms with Crippen LogP contribution in [0.1, 0.15) is 32.6 Å². The van der Waals surface area contributed by atoms with Gasteiger partial charge in [-0.25, -0.2) is 4.79 Å². The molecule has 140 valence electrons. The molecular formula is C19H22ClNO5.